The molecule has 2 aromatic carbocycles. The molecule has 0 spiro atoms. The SMILES string of the molecule is O=C(Nc1ccc(OC(F)(F)F)cc1)c1cc([N+](=O)[O-])ccc1I. The number of carbonyl (C=O) groups excluding carboxylic acids is 1. The van der Waals surface area contributed by atoms with Crippen LogP contribution in [0.5, 0.6) is 5.75 Å². The Balaban J connectivity index is 2.15. The van der Waals surface area contributed by atoms with E-state index in [0.29, 0.717) is 3.57 Å². The fourth-order valence-electron chi connectivity index (χ4n) is 1.74. The summed E-state index contributed by atoms with van der Waals surface area (Å²) in [5, 5.41) is 13.2. The highest BCUT2D eigenvalue weighted by Gasteiger charge is 2.31. The number of nitrogens with one attached hydrogen (secondary N) is 1. The monoisotopic (exact) mass is 452 g/mol. The van der Waals surface area contributed by atoms with Gasteiger partial charge in [0.25, 0.3) is 11.6 Å². The molecule has 126 valence electrons. The van der Waals surface area contributed by atoms with Crippen LogP contribution in [0.4, 0.5) is 24.5 Å². The fourth-order valence-corrected chi connectivity index (χ4v) is 2.32. The molecule has 0 saturated carbocycles. The molecule has 1 N–H and O–H groups in total. The maximum absolute atomic E-state index is 12.2. The molecular weight excluding hydrogens is 444 g/mol. The standard InChI is InChI=1S/C14H8F3IN2O4/c15-14(16,17)24-10-4-1-8(2-5-10)19-13(21)11-7-9(20(22)23)3-6-12(11)18/h1-7H,(H,19,21). The van der Waals surface area contributed by atoms with Crippen molar-refractivity contribution in [3.8, 4) is 5.75 Å². The van der Waals surface area contributed by atoms with E-state index >= 15 is 0 Å². The van der Waals surface area contributed by atoms with Crippen molar-refractivity contribution in [1.82, 2.24) is 0 Å². The van der Waals surface area contributed by atoms with Crippen molar-refractivity contribution in [3.63, 3.8) is 0 Å². The number of alkyl halides is 3. The lowest BCUT2D eigenvalue weighted by molar-refractivity contribution is -0.384. The molecule has 0 unspecified atom stereocenters. The van der Waals surface area contributed by atoms with E-state index in [4.69, 9.17) is 0 Å². The average Bonchev–Trinajstić information content (AvgIpc) is 2.48. The molecule has 0 heterocycles. The molecule has 0 aromatic heterocycles. The van der Waals surface area contributed by atoms with Crippen molar-refractivity contribution in [2.45, 2.75) is 6.36 Å². The predicted octanol–water partition coefficient (Wildman–Crippen LogP) is 4.35. The zero-order valence-corrected chi connectivity index (χ0v) is 13.8. The highest BCUT2D eigenvalue weighted by atomic mass is 127. The predicted molar refractivity (Wildman–Crippen MR) is 86.9 cm³/mol. The van der Waals surface area contributed by atoms with Crippen LogP contribution in [-0.4, -0.2) is 17.2 Å². The Hall–Kier alpha value is -2.37. The third-order valence-corrected chi connectivity index (χ3v) is 3.69. The summed E-state index contributed by atoms with van der Waals surface area (Å²) in [6, 6.07) is 8.35. The minimum absolute atomic E-state index is 0.0837. The van der Waals surface area contributed by atoms with Gasteiger partial charge in [0.05, 0.1) is 10.5 Å². The number of nitro benzene ring substituents is 1. The summed E-state index contributed by atoms with van der Waals surface area (Å²) in [5.41, 5.74) is 0.0618. The molecular formula is C14H8F3IN2O4. The van der Waals surface area contributed by atoms with Crippen LogP contribution in [-0.2, 0) is 0 Å². The number of benzene rings is 2. The number of non-ortho nitro benzene ring substituents is 1. The highest BCUT2D eigenvalue weighted by molar-refractivity contribution is 14.1. The Bertz CT molecular complexity index is 779. The number of rotatable bonds is 4. The van der Waals surface area contributed by atoms with Gasteiger partial charge in [-0.3, -0.25) is 14.9 Å². The number of amides is 1. The molecule has 0 saturated heterocycles. The third-order valence-electron chi connectivity index (χ3n) is 2.75. The van der Waals surface area contributed by atoms with Crippen LogP contribution >= 0.6 is 22.6 Å². The van der Waals surface area contributed by atoms with Crippen LogP contribution < -0.4 is 10.1 Å². The Labute approximate surface area is 146 Å². The lowest BCUT2D eigenvalue weighted by atomic mass is 10.2. The van der Waals surface area contributed by atoms with Crippen LogP contribution in [0.15, 0.2) is 42.5 Å². The summed E-state index contributed by atoms with van der Waals surface area (Å²) in [6.45, 7) is 0. The van der Waals surface area contributed by atoms with E-state index in [1.165, 1.54) is 24.3 Å². The normalized spacial score (nSPS) is 11.0. The zero-order valence-electron chi connectivity index (χ0n) is 11.6. The number of anilines is 1. The summed E-state index contributed by atoms with van der Waals surface area (Å²) in [7, 11) is 0. The van der Waals surface area contributed by atoms with Gasteiger partial charge >= 0.3 is 6.36 Å². The summed E-state index contributed by atoms with van der Waals surface area (Å²) < 4.78 is 40.4. The Morgan fingerprint density at radius 3 is 2.33 bits per heavy atom. The van der Waals surface area contributed by atoms with E-state index in [9.17, 15) is 28.1 Å². The van der Waals surface area contributed by atoms with Gasteiger partial charge in [-0.25, -0.2) is 0 Å². The quantitative estimate of drug-likeness (QED) is 0.425. The summed E-state index contributed by atoms with van der Waals surface area (Å²) in [4.78, 5) is 22.3. The molecule has 2 aromatic rings. The first-order valence-electron chi connectivity index (χ1n) is 6.27. The minimum Gasteiger partial charge on any atom is -0.406 e. The number of carbonyl (C=O) groups is 1. The number of nitrogens with zero attached hydrogens (tertiary/aromatic N) is 1. The molecule has 1 amide bonds. The largest absolute Gasteiger partial charge is 0.573 e. The van der Waals surface area contributed by atoms with Gasteiger partial charge in [-0.05, 0) is 52.9 Å². The van der Waals surface area contributed by atoms with Crippen LogP contribution in [0.2, 0.25) is 0 Å². The van der Waals surface area contributed by atoms with Crippen molar-refractivity contribution in [3.05, 3.63) is 61.7 Å². The molecule has 0 atom stereocenters. The van der Waals surface area contributed by atoms with E-state index in [1.807, 2.05) is 22.6 Å². The second-order valence-corrected chi connectivity index (χ2v) is 5.61. The molecule has 2 rings (SSSR count). The van der Waals surface area contributed by atoms with Crippen molar-refractivity contribution < 1.29 is 27.6 Å². The summed E-state index contributed by atoms with van der Waals surface area (Å²) in [6.07, 6.45) is -4.80. The number of ether oxygens (including phenoxy) is 1. The molecule has 0 aliphatic heterocycles. The maximum Gasteiger partial charge on any atom is 0.573 e. The van der Waals surface area contributed by atoms with Gasteiger partial charge in [-0.15, -0.1) is 13.2 Å². The van der Waals surface area contributed by atoms with Crippen LogP contribution in [0.1, 0.15) is 10.4 Å². The van der Waals surface area contributed by atoms with Crippen molar-refractivity contribution in [2.75, 3.05) is 5.32 Å². The topological polar surface area (TPSA) is 81.5 Å². The van der Waals surface area contributed by atoms with E-state index in [0.717, 1.165) is 18.2 Å². The zero-order chi connectivity index (χ0) is 17.9. The van der Waals surface area contributed by atoms with Gasteiger partial charge in [0.2, 0.25) is 0 Å². The summed E-state index contributed by atoms with van der Waals surface area (Å²) in [5.74, 6) is -1.04. The molecule has 0 bridgehead atoms. The smallest absolute Gasteiger partial charge is 0.406 e. The van der Waals surface area contributed by atoms with Gasteiger partial charge in [0, 0.05) is 21.4 Å². The van der Waals surface area contributed by atoms with Gasteiger partial charge in [0.15, 0.2) is 0 Å². The number of hydrogen-bond donors (Lipinski definition) is 1. The first kappa shape index (κ1) is 18.0. The molecule has 0 aliphatic carbocycles. The first-order chi connectivity index (χ1) is 11.2. The molecule has 10 heteroatoms. The van der Waals surface area contributed by atoms with E-state index < -0.39 is 22.9 Å². The lowest BCUT2D eigenvalue weighted by Crippen LogP contribution is -2.17. The second kappa shape index (κ2) is 7.03. The lowest BCUT2D eigenvalue weighted by Gasteiger charge is -2.10. The van der Waals surface area contributed by atoms with E-state index in [-0.39, 0.29) is 16.9 Å². The van der Waals surface area contributed by atoms with Gasteiger partial charge in [0.1, 0.15) is 5.75 Å². The minimum atomic E-state index is -4.80. The van der Waals surface area contributed by atoms with Crippen LogP contribution in [0, 0.1) is 13.7 Å². The third kappa shape index (κ3) is 4.81. The average molecular weight is 452 g/mol. The van der Waals surface area contributed by atoms with E-state index in [1.54, 1.807) is 0 Å². The first-order valence-corrected chi connectivity index (χ1v) is 7.35. The fraction of sp³-hybridized carbons (Fsp3) is 0.0714. The molecule has 0 fully saturated rings. The second-order valence-electron chi connectivity index (χ2n) is 4.45. The number of halogens is 4. The van der Waals surface area contributed by atoms with Gasteiger partial charge in [-0.2, -0.15) is 0 Å². The molecule has 24 heavy (non-hydrogen) atoms. The van der Waals surface area contributed by atoms with Crippen LogP contribution in [0.25, 0.3) is 0 Å². The Morgan fingerprint density at radius 1 is 1.17 bits per heavy atom. The summed E-state index contributed by atoms with van der Waals surface area (Å²) >= 11 is 1.85. The molecule has 6 nitrogen and oxygen atoms in total. The van der Waals surface area contributed by atoms with Crippen molar-refractivity contribution in [2.24, 2.45) is 0 Å². The van der Waals surface area contributed by atoms with Crippen molar-refractivity contribution in [1.29, 1.82) is 0 Å². The number of nitro groups is 1. The van der Waals surface area contributed by atoms with Gasteiger partial charge in [-0.1, -0.05) is 0 Å². The maximum atomic E-state index is 12.2. The van der Waals surface area contributed by atoms with Crippen LogP contribution in [0.3, 0.4) is 0 Å². The highest BCUT2D eigenvalue weighted by Crippen LogP contribution is 2.25. The van der Waals surface area contributed by atoms with Gasteiger partial charge < -0.3 is 10.1 Å². The van der Waals surface area contributed by atoms with E-state index in [2.05, 4.69) is 10.1 Å². The van der Waals surface area contributed by atoms with Crippen molar-refractivity contribution >= 4 is 39.9 Å². The number of hydrogen-bond acceptors (Lipinski definition) is 4. The molecule has 0 radical (unpaired) electrons. The Morgan fingerprint density at radius 2 is 1.79 bits per heavy atom. The Kier molecular flexibility index (Phi) is 5.26. The molecule has 0 aliphatic rings.